The number of amides is 1. The molecule has 0 fully saturated rings. The zero-order chi connectivity index (χ0) is 15.8. The van der Waals surface area contributed by atoms with Gasteiger partial charge in [0.2, 0.25) is 0 Å². The number of hydrogen-bond donors (Lipinski definition) is 1. The van der Waals surface area contributed by atoms with Crippen molar-refractivity contribution in [1.29, 1.82) is 0 Å². The molecule has 1 aliphatic rings. The van der Waals surface area contributed by atoms with E-state index in [2.05, 4.69) is 38.2 Å². The third-order valence-electron chi connectivity index (χ3n) is 3.42. The fourth-order valence-electron chi connectivity index (χ4n) is 2.31. The molecule has 0 aliphatic carbocycles. The van der Waals surface area contributed by atoms with Crippen LogP contribution in [0.3, 0.4) is 0 Å². The molecule has 1 aromatic rings. The predicted octanol–water partition coefficient (Wildman–Crippen LogP) is 4.15. The molecule has 21 heavy (non-hydrogen) atoms. The summed E-state index contributed by atoms with van der Waals surface area (Å²) >= 11 is 0. The lowest BCUT2D eigenvalue weighted by Crippen LogP contribution is -2.42. The lowest BCUT2D eigenvalue weighted by Gasteiger charge is -2.33. The fourth-order valence-corrected chi connectivity index (χ4v) is 2.31. The summed E-state index contributed by atoms with van der Waals surface area (Å²) in [7, 11) is 0. The molecule has 0 saturated heterocycles. The van der Waals surface area contributed by atoms with E-state index in [1.54, 1.807) is 4.90 Å². The highest BCUT2D eigenvalue weighted by Gasteiger charge is 2.28. The van der Waals surface area contributed by atoms with Gasteiger partial charge < -0.3 is 10.1 Å². The second kappa shape index (κ2) is 5.24. The average molecular weight is 290 g/mol. The summed E-state index contributed by atoms with van der Waals surface area (Å²) in [6.07, 6.45) is -0.284. The molecule has 1 aromatic carbocycles. The van der Waals surface area contributed by atoms with Crippen molar-refractivity contribution >= 4 is 17.5 Å². The van der Waals surface area contributed by atoms with Crippen LogP contribution in [-0.2, 0) is 10.2 Å². The molecule has 4 heteroatoms. The molecule has 0 saturated carbocycles. The first-order chi connectivity index (χ1) is 9.58. The van der Waals surface area contributed by atoms with Gasteiger partial charge in [-0.25, -0.2) is 4.79 Å². The monoisotopic (exact) mass is 290 g/mol. The molecular formula is C17H26N2O2. The van der Waals surface area contributed by atoms with E-state index in [1.165, 1.54) is 5.56 Å². The molecule has 1 heterocycles. The summed E-state index contributed by atoms with van der Waals surface area (Å²) in [5.41, 5.74) is 2.75. The molecule has 1 N–H and O–H groups in total. The van der Waals surface area contributed by atoms with Crippen molar-refractivity contribution in [3.8, 4) is 0 Å². The van der Waals surface area contributed by atoms with Crippen LogP contribution in [0.2, 0.25) is 0 Å². The van der Waals surface area contributed by atoms with Crippen LogP contribution in [0.4, 0.5) is 16.2 Å². The summed E-state index contributed by atoms with van der Waals surface area (Å²) in [4.78, 5) is 14.0. The maximum atomic E-state index is 12.3. The van der Waals surface area contributed by atoms with Gasteiger partial charge in [0.15, 0.2) is 0 Å². The number of nitrogens with one attached hydrogen (secondary N) is 1. The van der Waals surface area contributed by atoms with Crippen molar-refractivity contribution in [2.24, 2.45) is 0 Å². The molecule has 1 amide bonds. The molecule has 0 bridgehead atoms. The van der Waals surface area contributed by atoms with E-state index in [4.69, 9.17) is 4.74 Å². The molecule has 0 unspecified atom stereocenters. The first kappa shape index (κ1) is 15.7. The van der Waals surface area contributed by atoms with Gasteiger partial charge in [0.1, 0.15) is 5.60 Å². The Labute approximate surface area is 127 Å². The molecular weight excluding hydrogens is 264 g/mol. The summed E-state index contributed by atoms with van der Waals surface area (Å²) < 4.78 is 5.49. The van der Waals surface area contributed by atoms with Crippen LogP contribution in [0.5, 0.6) is 0 Å². The van der Waals surface area contributed by atoms with Crippen molar-refractivity contribution in [2.45, 2.75) is 52.6 Å². The van der Waals surface area contributed by atoms with Gasteiger partial charge in [-0.3, -0.25) is 4.90 Å². The molecule has 116 valence electrons. The standard InChI is InChI=1S/C17H26N2O2/c1-16(2,3)12-7-8-14-13(11-12)18-9-10-19(14)15(20)21-17(4,5)6/h7-8,11,18H,9-10H2,1-6H3. The van der Waals surface area contributed by atoms with Crippen LogP contribution < -0.4 is 10.2 Å². The number of benzene rings is 1. The number of nitrogens with zero attached hydrogens (tertiary/aromatic N) is 1. The van der Waals surface area contributed by atoms with Crippen molar-refractivity contribution in [1.82, 2.24) is 0 Å². The number of hydrogen-bond acceptors (Lipinski definition) is 3. The predicted molar refractivity (Wildman–Crippen MR) is 87.2 cm³/mol. The highest BCUT2D eigenvalue weighted by atomic mass is 16.6. The Hall–Kier alpha value is -1.71. The maximum Gasteiger partial charge on any atom is 0.414 e. The summed E-state index contributed by atoms with van der Waals surface area (Å²) in [6.45, 7) is 13.6. The number of fused-ring (bicyclic) bond motifs is 1. The summed E-state index contributed by atoms with van der Waals surface area (Å²) in [6, 6.07) is 6.22. The molecule has 2 rings (SSSR count). The Kier molecular flexibility index (Phi) is 3.91. The molecule has 4 nitrogen and oxygen atoms in total. The normalized spacial score (nSPS) is 15.2. The minimum absolute atomic E-state index is 0.0882. The van der Waals surface area contributed by atoms with Gasteiger partial charge in [-0.15, -0.1) is 0 Å². The number of ether oxygens (including phenoxy) is 1. The molecule has 0 atom stereocenters. The number of rotatable bonds is 0. The highest BCUT2D eigenvalue weighted by Crippen LogP contribution is 2.34. The Bertz CT molecular complexity index is 539. The zero-order valence-corrected chi connectivity index (χ0v) is 13.9. The topological polar surface area (TPSA) is 41.6 Å². The number of anilines is 2. The largest absolute Gasteiger partial charge is 0.443 e. The average Bonchev–Trinajstić information content (AvgIpc) is 2.34. The third-order valence-corrected chi connectivity index (χ3v) is 3.42. The summed E-state index contributed by atoms with van der Waals surface area (Å²) in [5, 5.41) is 3.37. The van der Waals surface area contributed by atoms with Gasteiger partial charge in [-0.2, -0.15) is 0 Å². The Morgan fingerprint density at radius 3 is 2.43 bits per heavy atom. The van der Waals surface area contributed by atoms with Gasteiger partial charge in [-0.05, 0) is 43.9 Å². The van der Waals surface area contributed by atoms with Crippen LogP contribution >= 0.6 is 0 Å². The molecule has 0 spiro atoms. The summed E-state index contributed by atoms with van der Waals surface area (Å²) in [5.74, 6) is 0. The van der Waals surface area contributed by atoms with Gasteiger partial charge in [0, 0.05) is 13.1 Å². The fraction of sp³-hybridized carbons (Fsp3) is 0.588. The van der Waals surface area contributed by atoms with E-state index in [0.29, 0.717) is 6.54 Å². The smallest absolute Gasteiger partial charge is 0.414 e. The van der Waals surface area contributed by atoms with Crippen LogP contribution in [-0.4, -0.2) is 24.8 Å². The van der Waals surface area contributed by atoms with E-state index in [1.807, 2.05) is 26.8 Å². The van der Waals surface area contributed by atoms with E-state index in [0.717, 1.165) is 17.9 Å². The first-order valence-corrected chi connectivity index (χ1v) is 7.47. The second-order valence-electron chi connectivity index (χ2n) is 7.54. The number of carbonyl (C=O) groups excluding carboxylic acids is 1. The van der Waals surface area contributed by atoms with E-state index in [-0.39, 0.29) is 11.5 Å². The third kappa shape index (κ3) is 3.69. The van der Waals surface area contributed by atoms with Crippen molar-refractivity contribution in [3.05, 3.63) is 23.8 Å². The van der Waals surface area contributed by atoms with Crippen LogP contribution in [0.1, 0.15) is 47.1 Å². The maximum absolute atomic E-state index is 12.3. The zero-order valence-electron chi connectivity index (χ0n) is 13.9. The van der Waals surface area contributed by atoms with Gasteiger partial charge >= 0.3 is 6.09 Å². The lowest BCUT2D eigenvalue weighted by atomic mass is 9.86. The highest BCUT2D eigenvalue weighted by molar-refractivity contribution is 5.93. The minimum atomic E-state index is -0.479. The van der Waals surface area contributed by atoms with E-state index < -0.39 is 5.60 Å². The second-order valence-corrected chi connectivity index (χ2v) is 7.54. The molecule has 0 radical (unpaired) electrons. The van der Waals surface area contributed by atoms with Crippen molar-refractivity contribution in [2.75, 3.05) is 23.3 Å². The molecule has 1 aliphatic heterocycles. The van der Waals surface area contributed by atoms with Gasteiger partial charge in [0.05, 0.1) is 11.4 Å². The SMILES string of the molecule is CC(C)(C)OC(=O)N1CCNc2cc(C(C)(C)C)ccc21. The van der Waals surface area contributed by atoms with Crippen LogP contribution in [0.25, 0.3) is 0 Å². The van der Waals surface area contributed by atoms with Crippen LogP contribution in [0.15, 0.2) is 18.2 Å². The minimum Gasteiger partial charge on any atom is -0.443 e. The van der Waals surface area contributed by atoms with Crippen LogP contribution in [0, 0.1) is 0 Å². The quantitative estimate of drug-likeness (QED) is 0.780. The lowest BCUT2D eigenvalue weighted by molar-refractivity contribution is 0.0581. The Morgan fingerprint density at radius 1 is 1.19 bits per heavy atom. The Morgan fingerprint density at radius 2 is 1.86 bits per heavy atom. The number of carbonyl (C=O) groups is 1. The molecule has 0 aromatic heterocycles. The van der Waals surface area contributed by atoms with E-state index >= 15 is 0 Å². The first-order valence-electron chi connectivity index (χ1n) is 7.47. The van der Waals surface area contributed by atoms with Gasteiger partial charge in [0.25, 0.3) is 0 Å². The van der Waals surface area contributed by atoms with E-state index in [9.17, 15) is 4.79 Å². The van der Waals surface area contributed by atoms with Crippen molar-refractivity contribution in [3.63, 3.8) is 0 Å². The van der Waals surface area contributed by atoms with Gasteiger partial charge in [-0.1, -0.05) is 26.8 Å². The Balaban J connectivity index is 2.30. The van der Waals surface area contributed by atoms with Crippen molar-refractivity contribution < 1.29 is 9.53 Å².